The summed E-state index contributed by atoms with van der Waals surface area (Å²) in [6.07, 6.45) is 0. The molecule has 5 nitrogen and oxygen atoms in total. The van der Waals surface area contributed by atoms with Crippen LogP contribution in [0, 0.1) is 27.7 Å². The lowest BCUT2D eigenvalue weighted by Gasteiger charge is -2.23. The minimum absolute atomic E-state index is 0.0260. The molecule has 0 radical (unpaired) electrons. The Kier molecular flexibility index (Phi) is 5.74. The summed E-state index contributed by atoms with van der Waals surface area (Å²) in [5, 5.41) is 12.3. The van der Waals surface area contributed by atoms with Crippen molar-refractivity contribution in [1.29, 1.82) is 0 Å². The first-order valence-electron chi connectivity index (χ1n) is 11.2. The molecule has 5 rings (SSSR count). The summed E-state index contributed by atoms with van der Waals surface area (Å²) >= 11 is 7.65. The maximum absolute atomic E-state index is 13.5. The van der Waals surface area contributed by atoms with E-state index in [9.17, 15) is 14.7 Å². The van der Waals surface area contributed by atoms with Gasteiger partial charge < -0.3 is 5.11 Å². The molecule has 0 aliphatic carbocycles. The molecule has 1 aliphatic heterocycles. The Morgan fingerprint density at radius 2 is 1.74 bits per heavy atom. The third kappa shape index (κ3) is 3.93. The van der Waals surface area contributed by atoms with Gasteiger partial charge in [0.05, 0.1) is 21.8 Å². The fourth-order valence-electron chi connectivity index (χ4n) is 4.62. The molecular weight excluding hydrogens is 480 g/mol. The van der Waals surface area contributed by atoms with Gasteiger partial charge >= 0.3 is 5.91 Å². The van der Waals surface area contributed by atoms with Crippen LogP contribution in [0.4, 0.5) is 5.13 Å². The van der Waals surface area contributed by atoms with Gasteiger partial charge in [0.15, 0.2) is 5.13 Å². The van der Waals surface area contributed by atoms with Gasteiger partial charge in [0.25, 0.3) is 5.78 Å². The largest absolute Gasteiger partial charge is 0.507 e. The number of aryl methyl sites for hydroxylation is 4. The number of ketones is 1. The Balaban J connectivity index is 1.78. The number of benzene rings is 3. The molecule has 0 saturated carbocycles. The Morgan fingerprint density at radius 1 is 0.971 bits per heavy atom. The van der Waals surface area contributed by atoms with Gasteiger partial charge in [0.2, 0.25) is 0 Å². The van der Waals surface area contributed by atoms with Gasteiger partial charge in [0, 0.05) is 10.6 Å². The minimum atomic E-state index is -0.865. The molecular formula is C28H23ClN2O3S. The van der Waals surface area contributed by atoms with Crippen LogP contribution < -0.4 is 4.90 Å². The Labute approximate surface area is 212 Å². The summed E-state index contributed by atoms with van der Waals surface area (Å²) < 4.78 is 0.929. The van der Waals surface area contributed by atoms with Crippen molar-refractivity contribution in [2.24, 2.45) is 0 Å². The van der Waals surface area contributed by atoms with Crippen LogP contribution >= 0.6 is 22.9 Å². The average molecular weight is 503 g/mol. The van der Waals surface area contributed by atoms with E-state index in [-0.39, 0.29) is 11.3 Å². The van der Waals surface area contributed by atoms with Gasteiger partial charge in [-0.25, -0.2) is 4.98 Å². The van der Waals surface area contributed by atoms with Crippen molar-refractivity contribution in [2.45, 2.75) is 33.7 Å². The van der Waals surface area contributed by atoms with E-state index < -0.39 is 17.7 Å². The molecule has 2 heterocycles. The molecule has 0 spiro atoms. The van der Waals surface area contributed by atoms with Crippen LogP contribution in [0.15, 0.2) is 60.2 Å². The number of carbonyl (C=O) groups is 2. The first-order chi connectivity index (χ1) is 16.7. The number of halogens is 1. The first-order valence-corrected chi connectivity index (χ1v) is 12.4. The molecule has 1 N–H and O–H groups in total. The lowest BCUT2D eigenvalue weighted by Crippen LogP contribution is -2.29. The van der Waals surface area contributed by atoms with Gasteiger partial charge in [-0.1, -0.05) is 58.8 Å². The van der Waals surface area contributed by atoms with Crippen LogP contribution in [0.2, 0.25) is 5.02 Å². The van der Waals surface area contributed by atoms with Crippen molar-refractivity contribution in [2.75, 3.05) is 4.90 Å². The molecule has 3 aromatic carbocycles. The Morgan fingerprint density at radius 3 is 2.49 bits per heavy atom. The van der Waals surface area contributed by atoms with Crippen LogP contribution in [-0.2, 0) is 9.59 Å². The van der Waals surface area contributed by atoms with Crippen molar-refractivity contribution < 1.29 is 14.7 Å². The summed E-state index contributed by atoms with van der Waals surface area (Å²) in [4.78, 5) is 33.0. The highest BCUT2D eigenvalue weighted by atomic mass is 35.5. The SMILES string of the molecule is Cc1ccc(C)c(C(O)=C2C(=O)C(=O)N(c3nc4c(C)cc(C)cc4s3)C2c2cccc(Cl)c2)c1. The van der Waals surface area contributed by atoms with E-state index in [1.54, 1.807) is 24.3 Å². The van der Waals surface area contributed by atoms with Crippen molar-refractivity contribution in [3.8, 4) is 0 Å². The zero-order valence-corrected chi connectivity index (χ0v) is 21.3. The van der Waals surface area contributed by atoms with E-state index in [0.29, 0.717) is 21.3 Å². The second kappa shape index (κ2) is 8.63. The maximum atomic E-state index is 13.5. The van der Waals surface area contributed by atoms with Crippen LogP contribution in [0.25, 0.3) is 16.0 Å². The molecule has 1 atom stereocenters. The molecule has 1 unspecified atom stereocenters. The number of anilines is 1. The molecule has 1 saturated heterocycles. The number of carbonyl (C=O) groups excluding carboxylic acids is 2. The van der Waals surface area contributed by atoms with E-state index in [0.717, 1.165) is 32.5 Å². The number of fused-ring (bicyclic) bond motifs is 1. The first kappa shape index (κ1) is 23.3. The van der Waals surface area contributed by atoms with Gasteiger partial charge in [-0.15, -0.1) is 0 Å². The normalized spacial score (nSPS) is 17.5. The lowest BCUT2D eigenvalue weighted by molar-refractivity contribution is -0.132. The van der Waals surface area contributed by atoms with Gasteiger partial charge in [-0.2, -0.15) is 0 Å². The monoisotopic (exact) mass is 502 g/mol. The predicted molar refractivity (Wildman–Crippen MR) is 141 cm³/mol. The molecule has 1 aromatic heterocycles. The number of rotatable bonds is 3. The fourth-order valence-corrected chi connectivity index (χ4v) is 5.99. The third-order valence-electron chi connectivity index (χ3n) is 6.28. The maximum Gasteiger partial charge on any atom is 0.301 e. The zero-order valence-electron chi connectivity index (χ0n) is 19.7. The predicted octanol–water partition coefficient (Wildman–Crippen LogP) is 6.81. The molecule has 1 aliphatic rings. The number of hydrogen-bond donors (Lipinski definition) is 1. The molecule has 1 amide bonds. The molecule has 1 fully saturated rings. The van der Waals surface area contributed by atoms with Gasteiger partial charge in [0.1, 0.15) is 5.76 Å². The van der Waals surface area contributed by atoms with Crippen molar-refractivity contribution in [3.63, 3.8) is 0 Å². The summed E-state index contributed by atoms with van der Waals surface area (Å²) in [6, 6.07) is 15.8. The van der Waals surface area contributed by atoms with E-state index in [4.69, 9.17) is 16.6 Å². The molecule has 35 heavy (non-hydrogen) atoms. The number of thiazole rings is 1. The van der Waals surface area contributed by atoms with E-state index in [2.05, 4.69) is 0 Å². The number of amides is 1. The van der Waals surface area contributed by atoms with Crippen molar-refractivity contribution >= 4 is 55.7 Å². The van der Waals surface area contributed by atoms with E-state index in [1.165, 1.54) is 16.2 Å². The average Bonchev–Trinajstić information content (AvgIpc) is 3.34. The minimum Gasteiger partial charge on any atom is -0.507 e. The van der Waals surface area contributed by atoms with E-state index >= 15 is 0 Å². The topological polar surface area (TPSA) is 70.5 Å². The standard InChI is InChI=1S/C28H23ClN2O3S/c1-14-8-9-16(3)20(11-14)25(32)22-24(18-6-5-7-19(29)13-18)31(27(34)26(22)33)28-30-23-17(4)10-15(2)12-21(23)35-28/h5-13,24,32H,1-4H3. The molecule has 4 aromatic rings. The Bertz CT molecular complexity index is 1570. The van der Waals surface area contributed by atoms with Crippen LogP contribution in [-0.4, -0.2) is 21.8 Å². The van der Waals surface area contributed by atoms with Gasteiger partial charge in [-0.3, -0.25) is 14.5 Å². The number of aliphatic hydroxyl groups is 1. The molecule has 7 heteroatoms. The van der Waals surface area contributed by atoms with Crippen LogP contribution in [0.1, 0.15) is 39.4 Å². The van der Waals surface area contributed by atoms with Crippen molar-refractivity contribution in [3.05, 3.63) is 98.6 Å². The Hall–Kier alpha value is -3.48. The number of Topliss-reactive ketones (excluding diaryl/α,β-unsaturated/α-hetero) is 1. The second-order valence-electron chi connectivity index (χ2n) is 8.97. The highest BCUT2D eigenvalue weighted by molar-refractivity contribution is 7.22. The van der Waals surface area contributed by atoms with E-state index in [1.807, 2.05) is 58.0 Å². The summed E-state index contributed by atoms with van der Waals surface area (Å²) in [5.74, 6) is -1.68. The highest BCUT2D eigenvalue weighted by Gasteiger charge is 2.48. The number of aromatic nitrogens is 1. The summed E-state index contributed by atoms with van der Waals surface area (Å²) in [7, 11) is 0. The van der Waals surface area contributed by atoms with Crippen LogP contribution in [0.3, 0.4) is 0 Å². The second-order valence-corrected chi connectivity index (χ2v) is 10.4. The third-order valence-corrected chi connectivity index (χ3v) is 7.52. The quantitative estimate of drug-likeness (QED) is 0.190. The molecule has 0 bridgehead atoms. The van der Waals surface area contributed by atoms with Crippen molar-refractivity contribution in [1.82, 2.24) is 4.98 Å². The lowest BCUT2D eigenvalue weighted by atomic mass is 9.93. The van der Waals surface area contributed by atoms with Crippen LogP contribution in [0.5, 0.6) is 0 Å². The zero-order chi connectivity index (χ0) is 25.0. The molecule has 176 valence electrons. The number of aliphatic hydroxyl groups excluding tert-OH is 1. The smallest absolute Gasteiger partial charge is 0.301 e. The number of nitrogens with zero attached hydrogens (tertiary/aromatic N) is 2. The van der Waals surface area contributed by atoms with Gasteiger partial charge in [-0.05, 0) is 74.2 Å². The number of hydrogen-bond acceptors (Lipinski definition) is 5. The highest BCUT2D eigenvalue weighted by Crippen LogP contribution is 2.45. The summed E-state index contributed by atoms with van der Waals surface area (Å²) in [5.41, 5.74) is 5.77. The fraction of sp³-hybridized carbons (Fsp3) is 0.179. The summed E-state index contributed by atoms with van der Waals surface area (Å²) in [6.45, 7) is 7.75.